The summed E-state index contributed by atoms with van der Waals surface area (Å²) in [6.07, 6.45) is 7.83. The second-order valence-corrected chi connectivity index (χ2v) is 9.31. The van der Waals surface area contributed by atoms with E-state index in [4.69, 9.17) is 14.6 Å². The lowest BCUT2D eigenvalue weighted by molar-refractivity contribution is -0.138. The molecule has 1 N–H and O–H groups in total. The van der Waals surface area contributed by atoms with Crippen LogP contribution in [0.2, 0.25) is 0 Å². The van der Waals surface area contributed by atoms with Crippen molar-refractivity contribution in [1.29, 1.82) is 0 Å². The Kier molecular flexibility index (Phi) is 7.60. The first kappa shape index (κ1) is 24.3. The Morgan fingerprint density at radius 2 is 1.85 bits per heavy atom. The van der Waals surface area contributed by atoms with E-state index in [2.05, 4.69) is 14.9 Å². The molecule has 1 aromatic heterocycles. The van der Waals surface area contributed by atoms with E-state index < -0.39 is 29.1 Å². The zero-order chi connectivity index (χ0) is 24.2. The minimum Gasteiger partial charge on any atom is -0.493 e. The highest BCUT2D eigenvalue weighted by Gasteiger charge is 2.43. The van der Waals surface area contributed by atoms with Crippen LogP contribution in [0, 0.1) is 29.4 Å². The lowest BCUT2D eigenvalue weighted by Crippen LogP contribution is -2.35. The number of carbonyl (C=O) groups is 1. The molecule has 184 valence electrons. The Morgan fingerprint density at radius 1 is 1.21 bits per heavy atom. The van der Waals surface area contributed by atoms with Gasteiger partial charge in [-0.25, -0.2) is 18.7 Å². The van der Waals surface area contributed by atoms with Crippen LogP contribution < -0.4 is 9.64 Å². The molecule has 2 fully saturated rings. The van der Waals surface area contributed by atoms with Gasteiger partial charge in [0.15, 0.2) is 0 Å². The number of hydrogen-bond donors (Lipinski definition) is 1. The highest BCUT2D eigenvalue weighted by molar-refractivity contribution is 5.75. The fourth-order valence-corrected chi connectivity index (χ4v) is 4.97. The Bertz CT molecular complexity index is 973. The van der Waals surface area contributed by atoms with E-state index in [-0.39, 0.29) is 5.75 Å². The predicted octanol–water partition coefficient (Wildman–Crippen LogP) is 4.41. The molecule has 3 atom stereocenters. The quantitative estimate of drug-likeness (QED) is 0.545. The topological polar surface area (TPSA) is 84.8 Å². The van der Waals surface area contributed by atoms with Crippen LogP contribution in [0.3, 0.4) is 0 Å². The molecule has 1 saturated heterocycles. The highest BCUT2D eigenvalue weighted by Crippen LogP contribution is 2.49. The van der Waals surface area contributed by atoms with Gasteiger partial charge in [0.2, 0.25) is 5.95 Å². The third kappa shape index (κ3) is 5.63. The number of carboxylic acid groups (broad SMARTS) is 1. The molecule has 34 heavy (non-hydrogen) atoms. The summed E-state index contributed by atoms with van der Waals surface area (Å²) in [5, 5.41) is 9.02. The first-order valence-electron chi connectivity index (χ1n) is 11.8. The summed E-state index contributed by atoms with van der Waals surface area (Å²) < 4.78 is 39.2. The molecule has 0 spiro atoms. The van der Waals surface area contributed by atoms with Crippen LogP contribution in [-0.4, -0.2) is 47.8 Å². The van der Waals surface area contributed by atoms with Crippen molar-refractivity contribution >= 4 is 11.9 Å². The molecule has 2 aromatic rings. The molecule has 0 amide bonds. The lowest BCUT2D eigenvalue weighted by atomic mass is 9.90. The van der Waals surface area contributed by atoms with Crippen molar-refractivity contribution in [2.24, 2.45) is 17.8 Å². The number of carboxylic acids is 1. The van der Waals surface area contributed by atoms with Crippen LogP contribution >= 0.6 is 0 Å². The Morgan fingerprint density at radius 3 is 2.44 bits per heavy atom. The summed E-state index contributed by atoms with van der Waals surface area (Å²) in [6.45, 7) is 4.03. The van der Waals surface area contributed by atoms with Crippen LogP contribution in [0.15, 0.2) is 24.5 Å². The standard InChI is InChI=1S/C25H31F2N3O4/c1-15(24(31)32)23-21(26)10-19(11-22(23)27)34-8-5-18-9-20(18)17-3-6-30(7-4-17)25-28-12-16(13-29-25)14-33-2/h10-13,15,17-18,20H,3-9,14H2,1-2H3,(H,31,32)/t15?,18-,20-/m1/s1. The molecule has 9 heteroatoms. The maximum atomic E-state index is 14.2. The average molecular weight is 476 g/mol. The van der Waals surface area contributed by atoms with Crippen molar-refractivity contribution in [3.05, 3.63) is 47.3 Å². The number of methoxy groups -OCH3 is 1. The van der Waals surface area contributed by atoms with E-state index >= 15 is 0 Å². The maximum Gasteiger partial charge on any atom is 0.310 e. The van der Waals surface area contributed by atoms with E-state index in [0.717, 1.165) is 62.4 Å². The smallest absolute Gasteiger partial charge is 0.310 e. The molecule has 7 nitrogen and oxygen atoms in total. The number of ether oxygens (including phenoxy) is 2. The Labute approximate surface area is 198 Å². The number of hydrogen-bond acceptors (Lipinski definition) is 6. The fraction of sp³-hybridized carbons (Fsp3) is 0.560. The highest BCUT2D eigenvalue weighted by atomic mass is 19.1. The predicted molar refractivity (Wildman–Crippen MR) is 122 cm³/mol. The van der Waals surface area contributed by atoms with Gasteiger partial charge in [-0.15, -0.1) is 0 Å². The van der Waals surface area contributed by atoms with Crippen LogP contribution in [0.4, 0.5) is 14.7 Å². The summed E-state index contributed by atoms with van der Waals surface area (Å²) in [5.41, 5.74) is 0.519. The largest absolute Gasteiger partial charge is 0.493 e. The number of piperidine rings is 1. The molecule has 0 radical (unpaired) electrons. The molecule has 1 saturated carbocycles. The molecular formula is C25H31F2N3O4. The SMILES string of the molecule is COCc1cnc(N2CCC([C@H]3C[C@H]3CCOc3cc(F)c(C(C)C(=O)O)c(F)c3)CC2)nc1. The molecule has 0 bridgehead atoms. The van der Waals surface area contributed by atoms with Crippen molar-refractivity contribution in [3.63, 3.8) is 0 Å². The molecule has 2 heterocycles. The minimum atomic E-state index is -1.27. The van der Waals surface area contributed by atoms with Crippen LogP contribution in [-0.2, 0) is 16.1 Å². The zero-order valence-electron chi connectivity index (χ0n) is 19.5. The van der Waals surface area contributed by atoms with Gasteiger partial charge >= 0.3 is 5.97 Å². The van der Waals surface area contributed by atoms with Crippen molar-refractivity contribution < 1.29 is 28.2 Å². The first-order chi connectivity index (χ1) is 16.4. The first-order valence-corrected chi connectivity index (χ1v) is 11.8. The third-order valence-electron chi connectivity index (χ3n) is 7.02. The van der Waals surface area contributed by atoms with Gasteiger partial charge in [0.1, 0.15) is 17.4 Å². The third-order valence-corrected chi connectivity index (χ3v) is 7.02. The number of benzene rings is 1. The molecule has 4 rings (SSSR count). The van der Waals surface area contributed by atoms with Crippen molar-refractivity contribution in [2.45, 2.75) is 45.1 Å². The van der Waals surface area contributed by atoms with Gasteiger partial charge in [-0.3, -0.25) is 4.79 Å². The van der Waals surface area contributed by atoms with Gasteiger partial charge in [0.05, 0.1) is 19.1 Å². The fourth-order valence-electron chi connectivity index (χ4n) is 4.97. The van der Waals surface area contributed by atoms with Gasteiger partial charge in [-0.05, 0) is 50.4 Å². The van der Waals surface area contributed by atoms with Gasteiger partial charge in [0.25, 0.3) is 0 Å². The van der Waals surface area contributed by atoms with Gasteiger partial charge in [-0.1, -0.05) is 0 Å². The number of nitrogens with zero attached hydrogens (tertiary/aromatic N) is 3. The lowest BCUT2D eigenvalue weighted by Gasteiger charge is -2.32. The molecule has 1 aromatic carbocycles. The molecule has 1 unspecified atom stereocenters. The molecule has 1 aliphatic heterocycles. The number of aromatic nitrogens is 2. The van der Waals surface area contributed by atoms with Crippen molar-refractivity contribution in [2.75, 3.05) is 31.7 Å². The van der Waals surface area contributed by atoms with E-state index in [1.807, 2.05) is 12.4 Å². The average Bonchev–Trinajstić information content (AvgIpc) is 3.59. The molecular weight excluding hydrogens is 444 g/mol. The Hall–Kier alpha value is -2.81. The Balaban J connectivity index is 1.20. The van der Waals surface area contributed by atoms with E-state index in [1.54, 1.807) is 7.11 Å². The number of aliphatic carboxylic acids is 1. The number of rotatable bonds is 10. The summed E-state index contributed by atoms with van der Waals surface area (Å²) in [4.78, 5) is 22.2. The number of halogens is 2. The van der Waals surface area contributed by atoms with E-state index in [1.165, 1.54) is 6.92 Å². The minimum absolute atomic E-state index is 0.0957. The molecule has 2 aliphatic rings. The summed E-state index contributed by atoms with van der Waals surface area (Å²) >= 11 is 0. The normalized spacial score (nSPS) is 21.4. The summed E-state index contributed by atoms with van der Waals surface area (Å²) in [5.74, 6) is -1.54. The van der Waals surface area contributed by atoms with Crippen molar-refractivity contribution in [1.82, 2.24) is 9.97 Å². The van der Waals surface area contributed by atoms with E-state index in [9.17, 15) is 13.6 Å². The number of anilines is 1. The second-order valence-electron chi connectivity index (χ2n) is 9.31. The van der Waals surface area contributed by atoms with Crippen molar-refractivity contribution in [3.8, 4) is 5.75 Å². The van der Waals surface area contributed by atoms with E-state index in [0.29, 0.717) is 31.0 Å². The van der Waals surface area contributed by atoms with Gasteiger partial charge in [0, 0.05) is 55.9 Å². The van der Waals surface area contributed by atoms with Crippen LogP contribution in [0.1, 0.15) is 49.7 Å². The maximum absolute atomic E-state index is 14.2. The van der Waals surface area contributed by atoms with Gasteiger partial charge < -0.3 is 19.5 Å². The molecule has 1 aliphatic carbocycles. The summed E-state index contributed by atoms with van der Waals surface area (Å²) in [6, 6.07) is 2.14. The second kappa shape index (κ2) is 10.6. The van der Waals surface area contributed by atoms with Crippen LogP contribution in [0.25, 0.3) is 0 Å². The zero-order valence-corrected chi connectivity index (χ0v) is 19.5. The summed E-state index contributed by atoms with van der Waals surface area (Å²) in [7, 11) is 1.65. The monoisotopic (exact) mass is 475 g/mol. The van der Waals surface area contributed by atoms with Gasteiger partial charge in [-0.2, -0.15) is 0 Å². The van der Waals surface area contributed by atoms with Crippen LogP contribution in [0.5, 0.6) is 5.75 Å².